The number of para-hydroxylation sites is 2. The molecule has 0 aliphatic carbocycles. The molecule has 1 aliphatic heterocycles. The van der Waals surface area contributed by atoms with Crippen molar-refractivity contribution in [3.05, 3.63) is 60.2 Å². The fourth-order valence-corrected chi connectivity index (χ4v) is 2.91. The molecule has 5 heteroatoms. The largest absolute Gasteiger partial charge is 0.480 e. The first kappa shape index (κ1) is 17.0. The Morgan fingerprint density at radius 3 is 2.36 bits per heavy atom. The van der Waals surface area contributed by atoms with Gasteiger partial charge in [-0.25, -0.2) is 0 Å². The lowest BCUT2D eigenvalue weighted by Gasteiger charge is -2.22. The second kappa shape index (κ2) is 7.83. The molecule has 0 radical (unpaired) electrons. The Balaban J connectivity index is 1.72. The van der Waals surface area contributed by atoms with Crippen LogP contribution in [0.1, 0.15) is 30.1 Å². The number of hydrogen-bond acceptors (Lipinski definition) is 3. The molecule has 1 aliphatic rings. The molecule has 1 saturated heterocycles. The molecular formula is C20H22N2O3. The number of carbonyl (C=O) groups excluding carboxylic acids is 2. The minimum absolute atomic E-state index is 0.0317. The number of ether oxygens (including phenoxy) is 1. The van der Waals surface area contributed by atoms with Crippen molar-refractivity contribution in [2.45, 2.75) is 25.9 Å². The van der Waals surface area contributed by atoms with Crippen molar-refractivity contribution in [2.24, 2.45) is 0 Å². The molecule has 25 heavy (non-hydrogen) atoms. The van der Waals surface area contributed by atoms with E-state index < -0.39 is 6.10 Å². The van der Waals surface area contributed by atoms with Crippen LogP contribution in [0.4, 0.5) is 5.69 Å². The van der Waals surface area contributed by atoms with Crippen molar-refractivity contribution in [3.63, 3.8) is 0 Å². The topological polar surface area (TPSA) is 58.6 Å². The Morgan fingerprint density at radius 2 is 1.64 bits per heavy atom. The van der Waals surface area contributed by atoms with Crippen LogP contribution in [0.25, 0.3) is 0 Å². The SMILES string of the molecule is CC(Oc1ccccc1C(=O)Nc1ccccc1)C(=O)N1CCCC1. The lowest BCUT2D eigenvalue weighted by atomic mass is 10.1. The van der Waals surface area contributed by atoms with Gasteiger partial charge in [-0.05, 0) is 44.0 Å². The average Bonchev–Trinajstić information content (AvgIpc) is 3.17. The van der Waals surface area contributed by atoms with Gasteiger partial charge in [-0.3, -0.25) is 9.59 Å². The molecular weight excluding hydrogens is 316 g/mol. The van der Waals surface area contributed by atoms with E-state index in [1.807, 2.05) is 35.2 Å². The van der Waals surface area contributed by atoms with Crippen LogP contribution >= 0.6 is 0 Å². The van der Waals surface area contributed by atoms with Crippen LogP contribution in [0.3, 0.4) is 0 Å². The molecule has 2 aromatic carbocycles. The van der Waals surface area contributed by atoms with Gasteiger partial charge in [0.1, 0.15) is 5.75 Å². The molecule has 2 amide bonds. The third-order valence-corrected chi connectivity index (χ3v) is 4.23. The van der Waals surface area contributed by atoms with Gasteiger partial charge in [-0.2, -0.15) is 0 Å². The number of hydrogen-bond donors (Lipinski definition) is 1. The molecule has 1 atom stereocenters. The first-order valence-electron chi connectivity index (χ1n) is 8.56. The summed E-state index contributed by atoms with van der Waals surface area (Å²) in [5.74, 6) is 0.120. The highest BCUT2D eigenvalue weighted by Gasteiger charge is 2.25. The van der Waals surface area contributed by atoms with Gasteiger partial charge in [0.25, 0.3) is 11.8 Å². The van der Waals surface area contributed by atoms with E-state index in [0.29, 0.717) is 17.0 Å². The zero-order chi connectivity index (χ0) is 17.6. The maximum absolute atomic E-state index is 12.6. The number of nitrogens with zero attached hydrogens (tertiary/aromatic N) is 1. The summed E-state index contributed by atoms with van der Waals surface area (Å²) in [6.45, 7) is 3.29. The second-order valence-electron chi connectivity index (χ2n) is 6.11. The van der Waals surface area contributed by atoms with Gasteiger partial charge in [0.15, 0.2) is 6.10 Å². The molecule has 1 N–H and O–H groups in total. The quantitative estimate of drug-likeness (QED) is 0.910. The number of benzene rings is 2. The molecule has 5 nitrogen and oxygen atoms in total. The zero-order valence-corrected chi connectivity index (χ0v) is 14.3. The Kier molecular flexibility index (Phi) is 5.33. The number of nitrogens with one attached hydrogen (secondary N) is 1. The summed E-state index contributed by atoms with van der Waals surface area (Å²) in [4.78, 5) is 26.8. The van der Waals surface area contributed by atoms with Gasteiger partial charge in [-0.1, -0.05) is 30.3 Å². The van der Waals surface area contributed by atoms with Crippen LogP contribution in [0.2, 0.25) is 0 Å². The summed E-state index contributed by atoms with van der Waals surface area (Å²) in [5.41, 5.74) is 1.12. The fraction of sp³-hybridized carbons (Fsp3) is 0.300. The minimum Gasteiger partial charge on any atom is -0.480 e. The summed E-state index contributed by atoms with van der Waals surface area (Å²) >= 11 is 0. The highest BCUT2D eigenvalue weighted by atomic mass is 16.5. The van der Waals surface area contributed by atoms with Crippen molar-refractivity contribution in [1.29, 1.82) is 0 Å². The minimum atomic E-state index is -0.622. The Bertz CT molecular complexity index is 740. The summed E-state index contributed by atoms with van der Waals surface area (Å²) in [6, 6.07) is 16.2. The van der Waals surface area contributed by atoms with Crippen molar-refractivity contribution < 1.29 is 14.3 Å². The number of anilines is 1. The van der Waals surface area contributed by atoms with Gasteiger partial charge in [0.05, 0.1) is 5.56 Å². The first-order valence-corrected chi connectivity index (χ1v) is 8.56. The van der Waals surface area contributed by atoms with Gasteiger partial charge >= 0.3 is 0 Å². The molecule has 0 saturated carbocycles. The fourth-order valence-electron chi connectivity index (χ4n) is 2.91. The normalized spacial score (nSPS) is 14.8. The number of rotatable bonds is 5. The van der Waals surface area contributed by atoms with Crippen LogP contribution < -0.4 is 10.1 Å². The predicted octanol–water partition coefficient (Wildman–Crippen LogP) is 3.33. The standard InChI is InChI=1S/C20H22N2O3/c1-15(20(24)22-13-7-8-14-22)25-18-12-6-5-11-17(18)19(23)21-16-9-3-2-4-10-16/h2-6,9-12,15H,7-8,13-14H2,1H3,(H,21,23). The smallest absolute Gasteiger partial charge is 0.263 e. The second-order valence-corrected chi connectivity index (χ2v) is 6.11. The zero-order valence-electron chi connectivity index (χ0n) is 14.3. The van der Waals surface area contributed by atoms with Crippen molar-refractivity contribution in [1.82, 2.24) is 4.90 Å². The maximum atomic E-state index is 12.6. The third kappa shape index (κ3) is 4.18. The third-order valence-electron chi connectivity index (χ3n) is 4.23. The van der Waals surface area contributed by atoms with E-state index in [0.717, 1.165) is 25.9 Å². The number of carbonyl (C=O) groups is 2. The maximum Gasteiger partial charge on any atom is 0.263 e. The molecule has 0 bridgehead atoms. The Morgan fingerprint density at radius 1 is 1.00 bits per heavy atom. The first-order chi connectivity index (χ1) is 12.1. The summed E-state index contributed by atoms with van der Waals surface area (Å²) < 4.78 is 5.83. The Hall–Kier alpha value is -2.82. The van der Waals surface area contributed by atoms with Crippen LogP contribution in [0.15, 0.2) is 54.6 Å². The molecule has 0 spiro atoms. The van der Waals surface area contributed by atoms with Crippen LogP contribution in [-0.2, 0) is 4.79 Å². The van der Waals surface area contributed by atoms with Crippen LogP contribution in [0.5, 0.6) is 5.75 Å². The molecule has 2 aromatic rings. The van der Waals surface area contributed by atoms with E-state index in [1.165, 1.54) is 0 Å². The lowest BCUT2D eigenvalue weighted by molar-refractivity contribution is -0.136. The van der Waals surface area contributed by atoms with Gasteiger partial charge in [0.2, 0.25) is 0 Å². The van der Waals surface area contributed by atoms with Gasteiger partial charge < -0.3 is 15.0 Å². The molecule has 3 rings (SSSR count). The van der Waals surface area contributed by atoms with Crippen molar-refractivity contribution in [2.75, 3.05) is 18.4 Å². The summed E-state index contributed by atoms with van der Waals surface area (Å²) in [6.07, 6.45) is 1.45. The molecule has 130 valence electrons. The van der Waals surface area contributed by atoms with Gasteiger partial charge in [0, 0.05) is 18.8 Å². The summed E-state index contributed by atoms with van der Waals surface area (Å²) in [7, 11) is 0. The van der Waals surface area contributed by atoms with E-state index in [4.69, 9.17) is 4.74 Å². The molecule has 1 unspecified atom stereocenters. The summed E-state index contributed by atoms with van der Waals surface area (Å²) in [5, 5.41) is 2.84. The molecule has 1 heterocycles. The van der Waals surface area contributed by atoms with Crippen LogP contribution in [-0.4, -0.2) is 35.9 Å². The lowest BCUT2D eigenvalue weighted by Crippen LogP contribution is -2.38. The van der Waals surface area contributed by atoms with Crippen molar-refractivity contribution >= 4 is 17.5 Å². The number of likely N-dealkylation sites (tertiary alicyclic amines) is 1. The monoisotopic (exact) mass is 338 g/mol. The Labute approximate surface area is 147 Å². The van der Waals surface area contributed by atoms with Crippen LogP contribution in [0, 0.1) is 0 Å². The van der Waals surface area contributed by atoms with E-state index in [-0.39, 0.29) is 11.8 Å². The highest BCUT2D eigenvalue weighted by Crippen LogP contribution is 2.22. The molecule has 0 aromatic heterocycles. The predicted molar refractivity (Wildman–Crippen MR) is 96.7 cm³/mol. The van der Waals surface area contributed by atoms with E-state index >= 15 is 0 Å². The van der Waals surface area contributed by atoms with Gasteiger partial charge in [-0.15, -0.1) is 0 Å². The van der Waals surface area contributed by atoms with E-state index in [2.05, 4.69) is 5.32 Å². The van der Waals surface area contributed by atoms with E-state index in [1.54, 1.807) is 31.2 Å². The van der Waals surface area contributed by atoms with Crippen molar-refractivity contribution in [3.8, 4) is 5.75 Å². The van der Waals surface area contributed by atoms with E-state index in [9.17, 15) is 9.59 Å². The average molecular weight is 338 g/mol. The molecule has 1 fully saturated rings. The highest BCUT2D eigenvalue weighted by molar-refractivity contribution is 6.06. The number of amides is 2.